The van der Waals surface area contributed by atoms with Gasteiger partial charge in [0.15, 0.2) is 5.82 Å². The van der Waals surface area contributed by atoms with Crippen molar-refractivity contribution in [3.8, 4) is 0 Å². The molecule has 176 valence electrons. The Morgan fingerprint density at radius 3 is 2.76 bits per heavy atom. The van der Waals surface area contributed by atoms with Gasteiger partial charge in [0.05, 0.1) is 35.3 Å². The van der Waals surface area contributed by atoms with Crippen molar-refractivity contribution < 1.29 is 27.0 Å². The van der Waals surface area contributed by atoms with Gasteiger partial charge in [-0.05, 0) is 24.6 Å². The fourth-order valence-electron chi connectivity index (χ4n) is 3.39. The number of rotatable bonds is 9. The Bertz CT molecular complexity index is 1460. The van der Waals surface area contributed by atoms with Gasteiger partial charge in [-0.2, -0.15) is 10.2 Å². The second-order valence-electron chi connectivity index (χ2n) is 7.34. The molecule has 0 unspecified atom stereocenters. The van der Waals surface area contributed by atoms with E-state index in [1.165, 1.54) is 18.7 Å². The van der Waals surface area contributed by atoms with Crippen molar-refractivity contribution >= 4 is 38.3 Å². The quantitative estimate of drug-likeness (QED) is 0.307. The molecule has 4 aromatic rings. The van der Waals surface area contributed by atoms with Crippen LogP contribution in [0.3, 0.4) is 0 Å². The number of ketones is 1. The number of aromatic amines is 2. The normalized spacial score (nSPS) is 11.5. The molecule has 0 spiro atoms. The third-order valence-corrected chi connectivity index (χ3v) is 6.40. The van der Waals surface area contributed by atoms with E-state index in [9.17, 15) is 17.6 Å². The Balaban J connectivity index is 1.73. The Morgan fingerprint density at radius 1 is 1.21 bits per heavy atom. The first-order valence-electron chi connectivity index (χ1n) is 10.2. The molecular formula is C21H20F2N7O3S+. The molecule has 10 nitrogen and oxygen atoms in total. The lowest BCUT2D eigenvalue weighted by atomic mass is 10.0. The number of halogens is 2. The van der Waals surface area contributed by atoms with Crippen LogP contribution in [0.15, 0.2) is 43.1 Å². The molecule has 1 aromatic carbocycles. The minimum Gasteiger partial charge on any atom is -0.332 e. The predicted molar refractivity (Wildman–Crippen MR) is 119 cm³/mol. The summed E-state index contributed by atoms with van der Waals surface area (Å²) in [7, 11) is -3.86. The van der Waals surface area contributed by atoms with Gasteiger partial charge in [0.2, 0.25) is 33.6 Å². The summed E-state index contributed by atoms with van der Waals surface area (Å²) in [6, 6.07) is 3.53. The van der Waals surface area contributed by atoms with Crippen LogP contribution in [0.25, 0.3) is 11.0 Å². The number of nitrogens with zero attached hydrogens (tertiary/aromatic N) is 3. The first kappa shape index (κ1) is 23.2. The van der Waals surface area contributed by atoms with E-state index in [-0.39, 0.29) is 16.7 Å². The summed E-state index contributed by atoms with van der Waals surface area (Å²) in [5, 5.41) is 10.9. The van der Waals surface area contributed by atoms with E-state index in [4.69, 9.17) is 0 Å². The highest BCUT2D eigenvalue weighted by Gasteiger charge is 2.28. The monoisotopic (exact) mass is 488 g/mol. The summed E-state index contributed by atoms with van der Waals surface area (Å²) in [6.07, 6.45) is 6.07. The van der Waals surface area contributed by atoms with Crippen molar-refractivity contribution in [3.05, 3.63) is 71.4 Å². The number of aromatic nitrogens is 5. The molecule has 0 aliphatic carbocycles. The summed E-state index contributed by atoms with van der Waals surface area (Å²) in [4.78, 5) is 23.1. The number of benzene rings is 1. The van der Waals surface area contributed by atoms with Gasteiger partial charge in [0.1, 0.15) is 11.2 Å². The third-order valence-electron chi connectivity index (χ3n) is 4.93. The summed E-state index contributed by atoms with van der Waals surface area (Å²) in [5.74, 6) is -3.27. The van der Waals surface area contributed by atoms with E-state index in [1.807, 2.05) is 0 Å². The molecule has 3 heterocycles. The molecule has 0 radical (unpaired) electrons. The maximum absolute atomic E-state index is 15.2. The van der Waals surface area contributed by atoms with Crippen molar-refractivity contribution in [1.29, 1.82) is 0 Å². The molecular weight excluding hydrogens is 468 g/mol. The van der Waals surface area contributed by atoms with Crippen LogP contribution in [0.5, 0.6) is 0 Å². The summed E-state index contributed by atoms with van der Waals surface area (Å²) in [5.41, 5.74) is -0.336. The SMILES string of the molecule is CCCS(=O)(=O)Nc1ccc(F)c(C(=O)c2c[nH]c3nc[nH+]c(NCc4ccnnc4)c23)c1F. The van der Waals surface area contributed by atoms with Crippen LogP contribution in [0, 0.1) is 11.6 Å². The Kier molecular flexibility index (Phi) is 6.45. The number of H-pyrrole nitrogens is 2. The van der Waals surface area contributed by atoms with E-state index < -0.39 is 38.7 Å². The summed E-state index contributed by atoms with van der Waals surface area (Å²) < 4.78 is 56.0. The summed E-state index contributed by atoms with van der Waals surface area (Å²) >= 11 is 0. The van der Waals surface area contributed by atoms with Gasteiger partial charge in [0, 0.05) is 18.0 Å². The highest BCUT2D eigenvalue weighted by Crippen LogP contribution is 2.29. The number of sulfonamides is 1. The number of carbonyl (C=O) groups excluding carboxylic acids is 1. The van der Waals surface area contributed by atoms with Crippen LogP contribution in [0.1, 0.15) is 34.8 Å². The van der Waals surface area contributed by atoms with Crippen molar-refractivity contribution in [3.63, 3.8) is 0 Å². The molecule has 0 amide bonds. The molecule has 0 saturated carbocycles. The van der Waals surface area contributed by atoms with E-state index in [0.717, 1.165) is 17.7 Å². The van der Waals surface area contributed by atoms with Gasteiger partial charge in [0.25, 0.3) is 0 Å². The Morgan fingerprint density at radius 2 is 2.03 bits per heavy atom. The minimum absolute atomic E-state index is 0.0546. The zero-order chi connectivity index (χ0) is 24.3. The molecule has 0 atom stereocenters. The summed E-state index contributed by atoms with van der Waals surface area (Å²) in [6.45, 7) is 1.97. The van der Waals surface area contributed by atoms with Gasteiger partial charge in [-0.1, -0.05) is 11.9 Å². The molecule has 34 heavy (non-hydrogen) atoms. The lowest BCUT2D eigenvalue weighted by Gasteiger charge is -2.11. The second-order valence-corrected chi connectivity index (χ2v) is 9.18. The molecule has 4 rings (SSSR count). The average molecular weight is 489 g/mol. The maximum atomic E-state index is 15.2. The van der Waals surface area contributed by atoms with Crippen molar-refractivity contribution in [2.24, 2.45) is 0 Å². The van der Waals surface area contributed by atoms with Crippen LogP contribution >= 0.6 is 0 Å². The zero-order valence-corrected chi connectivity index (χ0v) is 18.7. The molecule has 0 saturated heterocycles. The third kappa shape index (κ3) is 4.69. The van der Waals surface area contributed by atoms with E-state index in [2.05, 4.69) is 35.2 Å². The van der Waals surface area contributed by atoms with Crippen LogP contribution in [0.2, 0.25) is 0 Å². The average Bonchev–Trinajstić information content (AvgIpc) is 3.25. The smallest absolute Gasteiger partial charge is 0.232 e. The lowest BCUT2D eigenvalue weighted by molar-refractivity contribution is -0.364. The number of nitrogens with one attached hydrogen (secondary N) is 4. The molecule has 13 heteroatoms. The fraction of sp³-hybridized carbons (Fsp3) is 0.190. The Labute approximate surface area is 192 Å². The van der Waals surface area contributed by atoms with Gasteiger partial charge in [-0.25, -0.2) is 22.2 Å². The standard InChI is InChI=1S/C21H19F2N7O3S/c1-2-7-34(32,33)30-15-4-3-14(22)17(18(15)23)19(31)13-10-25-21-16(13)20(26-11-27-21)24-8-12-5-6-28-29-9-12/h3-6,9-11,30H,2,7-8H2,1H3,(H2,24,25,26,27)/p+1. The maximum Gasteiger partial charge on any atom is 0.232 e. The molecule has 4 N–H and O–H groups in total. The predicted octanol–water partition coefficient (Wildman–Crippen LogP) is 2.44. The van der Waals surface area contributed by atoms with Crippen LogP contribution in [-0.4, -0.2) is 40.1 Å². The van der Waals surface area contributed by atoms with E-state index in [0.29, 0.717) is 24.4 Å². The van der Waals surface area contributed by atoms with Crippen LogP contribution in [-0.2, 0) is 16.6 Å². The van der Waals surface area contributed by atoms with Crippen molar-refractivity contribution in [1.82, 2.24) is 20.2 Å². The van der Waals surface area contributed by atoms with Crippen LogP contribution < -0.4 is 15.0 Å². The van der Waals surface area contributed by atoms with Gasteiger partial charge in [-0.15, -0.1) is 0 Å². The molecule has 3 aromatic heterocycles. The number of fused-ring (bicyclic) bond motifs is 1. The highest BCUT2D eigenvalue weighted by molar-refractivity contribution is 7.92. The molecule has 0 aliphatic heterocycles. The molecule has 0 bridgehead atoms. The van der Waals surface area contributed by atoms with Gasteiger partial charge < -0.3 is 10.3 Å². The molecule has 0 fully saturated rings. The van der Waals surface area contributed by atoms with E-state index >= 15 is 4.39 Å². The first-order valence-corrected chi connectivity index (χ1v) is 11.9. The van der Waals surface area contributed by atoms with Crippen molar-refractivity contribution in [2.45, 2.75) is 19.9 Å². The lowest BCUT2D eigenvalue weighted by Crippen LogP contribution is -2.19. The zero-order valence-electron chi connectivity index (χ0n) is 17.9. The minimum atomic E-state index is -3.86. The highest BCUT2D eigenvalue weighted by atomic mass is 32.2. The number of hydrogen-bond donors (Lipinski definition) is 3. The van der Waals surface area contributed by atoms with Crippen LogP contribution in [0.4, 0.5) is 20.3 Å². The van der Waals surface area contributed by atoms with E-state index in [1.54, 1.807) is 19.2 Å². The molecule has 0 aliphatic rings. The largest absolute Gasteiger partial charge is 0.332 e. The van der Waals surface area contributed by atoms with Gasteiger partial charge in [-0.3, -0.25) is 9.52 Å². The van der Waals surface area contributed by atoms with Gasteiger partial charge >= 0.3 is 0 Å². The topological polar surface area (TPSA) is 144 Å². The fourth-order valence-corrected chi connectivity index (χ4v) is 4.53. The number of hydrogen-bond acceptors (Lipinski definition) is 7. The number of anilines is 2. The Hall–Kier alpha value is -4.00. The first-order chi connectivity index (χ1) is 16.3. The van der Waals surface area contributed by atoms with Crippen molar-refractivity contribution in [2.75, 3.05) is 15.8 Å². The second kappa shape index (κ2) is 9.47. The number of carbonyl (C=O) groups is 1.